The van der Waals surface area contributed by atoms with Crippen LogP contribution in [0.1, 0.15) is 17.3 Å². The number of anilines is 1. The Hall–Kier alpha value is -2.40. The van der Waals surface area contributed by atoms with E-state index in [9.17, 15) is 9.59 Å². The minimum atomic E-state index is -0.238. The molecule has 0 spiro atoms. The third-order valence-electron chi connectivity index (χ3n) is 3.02. The van der Waals surface area contributed by atoms with Crippen molar-refractivity contribution in [2.75, 3.05) is 5.01 Å². The first kappa shape index (κ1) is 13.6. The van der Waals surface area contributed by atoms with Crippen molar-refractivity contribution in [1.29, 1.82) is 0 Å². The molecule has 21 heavy (non-hydrogen) atoms. The lowest BCUT2D eigenvalue weighted by molar-refractivity contribution is -0.116. The zero-order valence-corrected chi connectivity index (χ0v) is 12.1. The second-order valence-electron chi connectivity index (χ2n) is 4.50. The number of nitrogens with zero attached hydrogens (tertiary/aromatic N) is 2. The van der Waals surface area contributed by atoms with Gasteiger partial charge in [0.1, 0.15) is 0 Å². The zero-order valence-electron chi connectivity index (χ0n) is 11.3. The highest BCUT2D eigenvalue weighted by atomic mass is 32.2. The molecular weight excluding hydrogens is 284 g/mol. The topological polar surface area (TPSA) is 49.7 Å². The fourth-order valence-electron chi connectivity index (χ4n) is 2.04. The molecule has 0 fully saturated rings. The minimum Gasteiger partial charge on any atom is -0.286 e. The van der Waals surface area contributed by atoms with Crippen molar-refractivity contribution in [3.63, 3.8) is 0 Å². The number of hydrogen-bond acceptors (Lipinski definition) is 4. The maximum absolute atomic E-state index is 12.3. The smallest absolute Gasteiger partial charge is 0.244 e. The fraction of sp³-hybridized carbons (Fsp3) is 0.0625. The molecule has 4 nitrogen and oxygen atoms in total. The molecule has 104 valence electrons. The highest BCUT2D eigenvalue weighted by Gasteiger charge is 2.28. The van der Waals surface area contributed by atoms with Gasteiger partial charge in [0.25, 0.3) is 0 Å². The first-order chi connectivity index (χ1) is 10.2. The Morgan fingerprint density at radius 3 is 2.38 bits per heavy atom. The largest absolute Gasteiger partial charge is 0.286 e. The van der Waals surface area contributed by atoms with E-state index in [0.29, 0.717) is 16.3 Å². The molecule has 0 aliphatic carbocycles. The molecule has 1 heterocycles. The lowest BCUT2D eigenvalue weighted by Crippen LogP contribution is -2.24. The molecule has 0 bridgehead atoms. The van der Waals surface area contributed by atoms with Gasteiger partial charge in [-0.05, 0) is 24.3 Å². The molecule has 5 heteroatoms. The molecule has 0 N–H and O–H groups in total. The molecule has 0 saturated heterocycles. The van der Waals surface area contributed by atoms with Gasteiger partial charge in [-0.15, -0.1) is 0 Å². The summed E-state index contributed by atoms with van der Waals surface area (Å²) in [4.78, 5) is 25.0. The third kappa shape index (κ3) is 2.60. The molecule has 1 amide bonds. The molecule has 0 unspecified atom stereocenters. The van der Waals surface area contributed by atoms with Crippen LogP contribution in [0.5, 0.6) is 0 Å². The SMILES string of the molecule is CC(=O)N(/N=C1/Sc2ccccc2C1=O)c1ccccc1. The van der Waals surface area contributed by atoms with Crippen LogP contribution in [0.2, 0.25) is 0 Å². The Balaban J connectivity index is 1.98. The van der Waals surface area contributed by atoms with E-state index in [4.69, 9.17) is 0 Å². The van der Waals surface area contributed by atoms with Gasteiger partial charge in [-0.1, -0.05) is 42.1 Å². The van der Waals surface area contributed by atoms with Crippen LogP contribution < -0.4 is 5.01 Å². The van der Waals surface area contributed by atoms with Crippen LogP contribution in [-0.4, -0.2) is 16.7 Å². The predicted octanol–water partition coefficient (Wildman–Crippen LogP) is 3.34. The summed E-state index contributed by atoms with van der Waals surface area (Å²) in [6, 6.07) is 16.4. The van der Waals surface area contributed by atoms with E-state index in [1.54, 1.807) is 18.2 Å². The molecule has 0 radical (unpaired) electrons. The van der Waals surface area contributed by atoms with Gasteiger partial charge < -0.3 is 0 Å². The third-order valence-corrected chi connectivity index (χ3v) is 4.06. The van der Waals surface area contributed by atoms with E-state index in [-0.39, 0.29) is 11.7 Å². The lowest BCUT2D eigenvalue weighted by atomic mass is 10.1. The quantitative estimate of drug-likeness (QED) is 0.799. The van der Waals surface area contributed by atoms with Crippen LogP contribution in [-0.2, 0) is 4.79 Å². The number of ketones is 1. The van der Waals surface area contributed by atoms with Crippen LogP contribution in [0.15, 0.2) is 64.6 Å². The maximum Gasteiger partial charge on any atom is 0.244 e. The van der Waals surface area contributed by atoms with Crippen LogP contribution in [0.3, 0.4) is 0 Å². The highest BCUT2D eigenvalue weighted by Crippen LogP contribution is 2.33. The van der Waals surface area contributed by atoms with Crippen molar-refractivity contribution in [2.45, 2.75) is 11.8 Å². The van der Waals surface area contributed by atoms with Crippen molar-refractivity contribution in [1.82, 2.24) is 0 Å². The van der Waals surface area contributed by atoms with Gasteiger partial charge in [0.15, 0.2) is 5.04 Å². The Morgan fingerprint density at radius 2 is 1.71 bits per heavy atom. The van der Waals surface area contributed by atoms with Gasteiger partial charge in [0.2, 0.25) is 11.7 Å². The molecule has 3 rings (SSSR count). The van der Waals surface area contributed by atoms with Gasteiger partial charge in [0.05, 0.1) is 5.69 Å². The second kappa shape index (κ2) is 5.54. The molecule has 0 atom stereocenters. The van der Waals surface area contributed by atoms with Crippen LogP contribution in [0, 0.1) is 0 Å². The monoisotopic (exact) mass is 296 g/mol. The Bertz CT molecular complexity index is 741. The number of rotatable bonds is 2. The average molecular weight is 296 g/mol. The first-order valence-electron chi connectivity index (χ1n) is 6.43. The van der Waals surface area contributed by atoms with E-state index in [0.717, 1.165) is 4.90 Å². The normalized spacial score (nSPS) is 15.1. The van der Waals surface area contributed by atoms with Crippen LogP contribution in [0.4, 0.5) is 5.69 Å². The Kier molecular flexibility index (Phi) is 3.58. The van der Waals surface area contributed by atoms with Gasteiger partial charge in [-0.2, -0.15) is 10.1 Å². The van der Waals surface area contributed by atoms with Crippen molar-refractivity contribution in [2.24, 2.45) is 5.10 Å². The highest BCUT2D eigenvalue weighted by molar-refractivity contribution is 8.16. The summed E-state index contributed by atoms with van der Waals surface area (Å²) < 4.78 is 0. The predicted molar refractivity (Wildman–Crippen MR) is 83.7 cm³/mol. The number of carbonyl (C=O) groups excluding carboxylic acids is 2. The van der Waals surface area contributed by atoms with Gasteiger partial charge >= 0.3 is 0 Å². The molecule has 2 aromatic rings. The number of hydrazone groups is 1. The summed E-state index contributed by atoms with van der Waals surface area (Å²) in [7, 11) is 0. The zero-order chi connectivity index (χ0) is 14.8. The number of hydrogen-bond donors (Lipinski definition) is 0. The van der Waals surface area contributed by atoms with E-state index < -0.39 is 0 Å². The van der Waals surface area contributed by atoms with Gasteiger partial charge in [-0.25, -0.2) is 0 Å². The molecule has 1 aliphatic rings. The summed E-state index contributed by atoms with van der Waals surface area (Å²) in [6.07, 6.45) is 0. The van der Waals surface area contributed by atoms with Crippen LogP contribution in [0.25, 0.3) is 0 Å². The molecule has 0 aromatic heterocycles. The standard InChI is InChI=1S/C16H12N2O2S/c1-11(19)18(12-7-3-2-4-8-12)17-16-15(20)13-9-5-6-10-14(13)21-16/h2-10H,1H3/b17-16+. The van der Waals surface area contributed by atoms with Crippen molar-refractivity contribution < 1.29 is 9.59 Å². The molecular formula is C16H12N2O2S. The van der Waals surface area contributed by atoms with Crippen molar-refractivity contribution >= 4 is 34.2 Å². The minimum absolute atomic E-state index is 0.141. The molecule has 0 saturated carbocycles. The number of fused-ring (bicyclic) bond motifs is 1. The summed E-state index contributed by atoms with van der Waals surface area (Å²) in [5.41, 5.74) is 1.28. The van der Waals surface area contributed by atoms with E-state index in [2.05, 4.69) is 5.10 Å². The van der Waals surface area contributed by atoms with Crippen molar-refractivity contribution in [3.05, 3.63) is 60.2 Å². The Labute approximate surface area is 126 Å². The van der Waals surface area contributed by atoms with Crippen molar-refractivity contribution in [3.8, 4) is 0 Å². The summed E-state index contributed by atoms with van der Waals surface area (Å²) in [5, 5.41) is 5.83. The van der Waals surface area contributed by atoms with E-state index in [1.165, 1.54) is 23.7 Å². The summed E-state index contributed by atoms with van der Waals surface area (Å²) in [5.74, 6) is -0.379. The number of amides is 1. The van der Waals surface area contributed by atoms with Gasteiger partial charge in [0, 0.05) is 17.4 Å². The molecule has 2 aromatic carbocycles. The number of carbonyl (C=O) groups is 2. The number of para-hydroxylation sites is 1. The average Bonchev–Trinajstić information content (AvgIpc) is 2.82. The molecule has 1 aliphatic heterocycles. The van der Waals surface area contributed by atoms with Gasteiger partial charge in [-0.3, -0.25) is 9.59 Å². The lowest BCUT2D eigenvalue weighted by Gasteiger charge is -2.15. The number of Topliss-reactive ketones (excluding diaryl/α,β-unsaturated/α-hetero) is 1. The number of thioether (sulfide) groups is 1. The fourth-order valence-corrected chi connectivity index (χ4v) is 3.00. The van der Waals surface area contributed by atoms with E-state index in [1.807, 2.05) is 36.4 Å². The van der Waals surface area contributed by atoms with E-state index >= 15 is 0 Å². The van der Waals surface area contributed by atoms with Crippen LogP contribution >= 0.6 is 11.8 Å². The maximum atomic E-state index is 12.3. The first-order valence-corrected chi connectivity index (χ1v) is 7.24. The Morgan fingerprint density at radius 1 is 1.05 bits per heavy atom. The second-order valence-corrected chi connectivity index (χ2v) is 5.53. The number of benzene rings is 2. The summed E-state index contributed by atoms with van der Waals surface area (Å²) >= 11 is 1.29. The summed E-state index contributed by atoms with van der Waals surface area (Å²) in [6.45, 7) is 1.42.